The maximum absolute atomic E-state index is 12.4. The molecule has 28 heavy (non-hydrogen) atoms. The number of H-pyrrole nitrogens is 2. The molecule has 1 heterocycles. The Morgan fingerprint density at radius 2 is 1.93 bits per heavy atom. The molecule has 1 aliphatic carbocycles. The van der Waals surface area contributed by atoms with Gasteiger partial charge in [-0.3, -0.25) is 14.6 Å². The fourth-order valence-electron chi connectivity index (χ4n) is 3.45. The summed E-state index contributed by atoms with van der Waals surface area (Å²) >= 11 is 0. The molecule has 0 spiro atoms. The summed E-state index contributed by atoms with van der Waals surface area (Å²) in [4.78, 5) is 39.7. The van der Waals surface area contributed by atoms with Gasteiger partial charge in [-0.2, -0.15) is 0 Å². The van der Waals surface area contributed by atoms with Gasteiger partial charge in [0.2, 0.25) is 0 Å². The Morgan fingerprint density at radius 1 is 1.21 bits per heavy atom. The lowest BCUT2D eigenvalue weighted by atomic mass is 9.97. The van der Waals surface area contributed by atoms with Gasteiger partial charge in [0.1, 0.15) is 17.1 Å². The molecule has 3 rings (SSSR count). The van der Waals surface area contributed by atoms with Crippen LogP contribution in [-0.2, 0) is 0 Å². The van der Waals surface area contributed by atoms with Gasteiger partial charge in [-0.05, 0) is 48.8 Å². The van der Waals surface area contributed by atoms with E-state index in [1.165, 1.54) is 5.56 Å². The van der Waals surface area contributed by atoms with E-state index in [9.17, 15) is 14.4 Å². The Morgan fingerprint density at radius 3 is 2.61 bits per heavy atom. The minimum absolute atomic E-state index is 0.0449. The van der Waals surface area contributed by atoms with Gasteiger partial charge in [-0.25, -0.2) is 4.79 Å². The number of nitrogens with two attached hydrogens (primary N) is 1. The number of nitrogen functional groups attached to an aromatic ring is 1. The van der Waals surface area contributed by atoms with Crippen LogP contribution < -0.4 is 27.0 Å². The van der Waals surface area contributed by atoms with Crippen LogP contribution >= 0.6 is 0 Å². The van der Waals surface area contributed by atoms with Gasteiger partial charge in [0.15, 0.2) is 0 Å². The minimum atomic E-state index is -0.766. The molecule has 1 aromatic heterocycles. The van der Waals surface area contributed by atoms with E-state index >= 15 is 0 Å². The second kappa shape index (κ2) is 8.33. The molecular weight excluding hydrogens is 360 g/mol. The first-order chi connectivity index (χ1) is 13.3. The average molecular weight is 386 g/mol. The normalized spacial score (nSPS) is 19.0. The standard InChI is InChI=1S/C20H26N4O4/c1-11(2)10-28-15-7-4-12(5-8-15)13-3-6-14(9-13)22-19(26)17-16(21)18(25)24-20(27)23-17/h4-5,7-8,11,13-14H,3,6,9-10,21H2,1-2H3,(H,22,26)(H2,23,24,25,27). The van der Waals surface area contributed by atoms with Crippen LogP contribution in [0.3, 0.4) is 0 Å². The number of anilines is 1. The predicted octanol–water partition coefficient (Wildman–Crippen LogP) is 1.75. The monoisotopic (exact) mass is 386 g/mol. The van der Waals surface area contributed by atoms with E-state index in [1.807, 2.05) is 17.1 Å². The first-order valence-corrected chi connectivity index (χ1v) is 9.49. The van der Waals surface area contributed by atoms with E-state index in [4.69, 9.17) is 10.5 Å². The van der Waals surface area contributed by atoms with Gasteiger partial charge >= 0.3 is 5.69 Å². The predicted molar refractivity (Wildman–Crippen MR) is 107 cm³/mol. The molecule has 0 aliphatic heterocycles. The summed E-state index contributed by atoms with van der Waals surface area (Å²) in [5.41, 5.74) is 4.82. The summed E-state index contributed by atoms with van der Waals surface area (Å²) in [6.07, 6.45) is 2.54. The SMILES string of the molecule is CC(C)COc1ccc(C2CCC(NC(=O)c3[nH]c(=O)[nH]c(=O)c3N)C2)cc1. The third-order valence-corrected chi connectivity index (χ3v) is 4.91. The molecule has 2 atom stereocenters. The number of carbonyl (C=O) groups excluding carboxylic acids is 1. The lowest BCUT2D eigenvalue weighted by Crippen LogP contribution is -2.37. The van der Waals surface area contributed by atoms with E-state index in [0.717, 1.165) is 25.0 Å². The van der Waals surface area contributed by atoms with Crippen LogP contribution in [0.1, 0.15) is 55.1 Å². The Balaban J connectivity index is 1.60. The Labute approximate surface area is 162 Å². The van der Waals surface area contributed by atoms with Gasteiger partial charge in [0.05, 0.1) is 6.61 Å². The number of nitrogens with one attached hydrogen (secondary N) is 3. The second-order valence-corrected chi connectivity index (χ2v) is 7.65. The first-order valence-electron chi connectivity index (χ1n) is 9.49. The zero-order valence-corrected chi connectivity index (χ0v) is 16.1. The van der Waals surface area contributed by atoms with E-state index in [0.29, 0.717) is 18.4 Å². The molecule has 0 radical (unpaired) electrons. The molecule has 1 saturated carbocycles. The van der Waals surface area contributed by atoms with E-state index in [-0.39, 0.29) is 17.4 Å². The van der Waals surface area contributed by atoms with Crippen molar-refractivity contribution >= 4 is 11.6 Å². The van der Waals surface area contributed by atoms with Crippen LogP contribution in [0.4, 0.5) is 5.69 Å². The van der Waals surface area contributed by atoms with Gasteiger partial charge < -0.3 is 20.8 Å². The van der Waals surface area contributed by atoms with Crippen LogP contribution in [0.5, 0.6) is 5.75 Å². The summed E-state index contributed by atoms with van der Waals surface area (Å²) in [6.45, 7) is 4.90. The maximum atomic E-state index is 12.4. The van der Waals surface area contributed by atoms with Gasteiger partial charge in [-0.1, -0.05) is 26.0 Å². The largest absolute Gasteiger partial charge is 0.493 e. The quantitative estimate of drug-likeness (QED) is 0.601. The highest BCUT2D eigenvalue weighted by atomic mass is 16.5. The summed E-state index contributed by atoms with van der Waals surface area (Å²) < 4.78 is 5.71. The van der Waals surface area contributed by atoms with Crippen molar-refractivity contribution in [3.05, 3.63) is 56.4 Å². The third kappa shape index (κ3) is 4.62. The fourth-order valence-corrected chi connectivity index (χ4v) is 3.45. The van der Waals surface area contributed by atoms with E-state index < -0.39 is 17.2 Å². The summed E-state index contributed by atoms with van der Waals surface area (Å²) in [7, 11) is 0. The van der Waals surface area contributed by atoms with Crippen molar-refractivity contribution in [3.63, 3.8) is 0 Å². The average Bonchev–Trinajstić information content (AvgIpc) is 3.11. The smallest absolute Gasteiger partial charge is 0.326 e. The number of aromatic nitrogens is 2. The molecule has 2 aromatic rings. The number of aromatic amines is 2. The van der Waals surface area contributed by atoms with Crippen molar-refractivity contribution in [3.8, 4) is 5.75 Å². The third-order valence-electron chi connectivity index (χ3n) is 4.91. The molecule has 2 unspecified atom stereocenters. The molecular formula is C20H26N4O4. The molecule has 150 valence electrons. The zero-order chi connectivity index (χ0) is 20.3. The van der Waals surface area contributed by atoms with E-state index in [1.54, 1.807) is 0 Å². The maximum Gasteiger partial charge on any atom is 0.326 e. The summed E-state index contributed by atoms with van der Waals surface area (Å²) in [5, 5.41) is 2.87. The zero-order valence-electron chi connectivity index (χ0n) is 16.1. The number of hydrogen-bond acceptors (Lipinski definition) is 5. The Bertz CT molecular complexity index is 946. The fraction of sp³-hybridized carbons (Fsp3) is 0.450. The van der Waals surface area contributed by atoms with Crippen molar-refractivity contribution in [2.45, 2.75) is 45.1 Å². The molecule has 1 aromatic carbocycles. The van der Waals surface area contributed by atoms with Crippen molar-refractivity contribution in [2.24, 2.45) is 5.92 Å². The van der Waals surface area contributed by atoms with Crippen molar-refractivity contribution in [2.75, 3.05) is 12.3 Å². The van der Waals surface area contributed by atoms with Gasteiger partial charge in [-0.15, -0.1) is 0 Å². The number of amides is 1. The number of hydrogen-bond donors (Lipinski definition) is 4. The number of carbonyl (C=O) groups is 1. The van der Waals surface area contributed by atoms with Crippen LogP contribution in [0.15, 0.2) is 33.9 Å². The second-order valence-electron chi connectivity index (χ2n) is 7.65. The highest BCUT2D eigenvalue weighted by molar-refractivity contribution is 5.96. The van der Waals surface area contributed by atoms with Crippen LogP contribution in [0.25, 0.3) is 0 Å². The molecule has 8 heteroatoms. The number of rotatable bonds is 6. The molecule has 1 fully saturated rings. The highest BCUT2D eigenvalue weighted by Gasteiger charge is 2.28. The van der Waals surface area contributed by atoms with Crippen molar-refractivity contribution < 1.29 is 9.53 Å². The van der Waals surface area contributed by atoms with Crippen LogP contribution in [-0.4, -0.2) is 28.5 Å². The summed E-state index contributed by atoms with van der Waals surface area (Å²) in [6, 6.07) is 8.04. The lowest BCUT2D eigenvalue weighted by molar-refractivity contribution is 0.0933. The lowest BCUT2D eigenvalue weighted by Gasteiger charge is -2.15. The number of benzene rings is 1. The first kappa shape index (κ1) is 19.7. The molecule has 0 bridgehead atoms. The van der Waals surface area contributed by atoms with Crippen LogP contribution in [0.2, 0.25) is 0 Å². The summed E-state index contributed by atoms with van der Waals surface area (Å²) in [5.74, 6) is 1.13. The Hall–Kier alpha value is -3.03. The van der Waals surface area contributed by atoms with Gasteiger partial charge in [0.25, 0.3) is 11.5 Å². The molecule has 5 N–H and O–H groups in total. The van der Waals surface area contributed by atoms with Crippen molar-refractivity contribution in [1.82, 2.24) is 15.3 Å². The van der Waals surface area contributed by atoms with Crippen molar-refractivity contribution in [1.29, 1.82) is 0 Å². The van der Waals surface area contributed by atoms with E-state index in [2.05, 4.69) is 36.3 Å². The Kier molecular flexibility index (Phi) is 5.87. The highest BCUT2D eigenvalue weighted by Crippen LogP contribution is 2.35. The van der Waals surface area contributed by atoms with Gasteiger partial charge in [0, 0.05) is 6.04 Å². The molecule has 1 amide bonds. The molecule has 8 nitrogen and oxygen atoms in total. The molecule has 0 saturated heterocycles. The topological polar surface area (TPSA) is 130 Å². The van der Waals surface area contributed by atoms with Crippen LogP contribution in [0, 0.1) is 5.92 Å². The molecule has 1 aliphatic rings. The number of ether oxygens (including phenoxy) is 1. The minimum Gasteiger partial charge on any atom is -0.493 e.